The zero-order valence-corrected chi connectivity index (χ0v) is 21.1. The normalized spacial score (nSPS) is 12.3. The van der Waals surface area contributed by atoms with Gasteiger partial charge in [-0.25, -0.2) is 14.5 Å². The predicted octanol–water partition coefficient (Wildman–Crippen LogP) is 3.23. The first-order valence-electron chi connectivity index (χ1n) is 9.18. The number of hydrogen-bond acceptors (Lipinski definition) is 8. The second-order valence-corrected chi connectivity index (χ2v) is 9.98. The number of nitrogens with two attached hydrogens (primary N) is 1. The number of benzene rings is 1. The summed E-state index contributed by atoms with van der Waals surface area (Å²) in [5, 5.41) is -0.274. The summed E-state index contributed by atoms with van der Waals surface area (Å²) in [5.41, 5.74) is 7.34. The van der Waals surface area contributed by atoms with Gasteiger partial charge in [-0.15, -0.1) is 0 Å². The second kappa shape index (κ2) is 11.9. The van der Waals surface area contributed by atoms with Crippen LogP contribution in [0, 0.1) is 10.5 Å². The van der Waals surface area contributed by atoms with E-state index in [-0.39, 0.29) is 30.5 Å². The lowest BCUT2D eigenvalue weighted by atomic mass is 10.2. The van der Waals surface area contributed by atoms with Crippen molar-refractivity contribution in [2.24, 2.45) is 0 Å². The van der Waals surface area contributed by atoms with Gasteiger partial charge in [0.15, 0.2) is 0 Å². The Morgan fingerprint density at radius 2 is 2.06 bits per heavy atom. The number of halogens is 1. The van der Waals surface area contributed by atoms with E-state index in [1.165, 1.54) is 11.1 Å². The van der Waals surface area contributed by atoms with Crippen LogP contribution in [0.15, 0.2) is 41.1 Å². The number of aryl methyl sites for hydroxylation is 1. The Morgan fingerprint density at radius 3 is 2.66 bits per heavy atom. The van der Waals surface area contributed by atoms with Crippen LogP contribution in [0.2, 0.25) is 0 Å². The van der Waals surface area contributed by atoms with Gasteiger partial charge in [0.25, 0.3) is 0 Å². The van der Waals surface area contributed by atoms with Crippen LogP contribution in [-0.4, -0.2) is 42.8 Å². The topological polar surface area (TPSA) is 156 Å². The van der Waals surface area contributed by atoms with Gasteiger partial charge in [0.05, 0.1) is 13.2 Å². The van der Waals surface area contributed by atoms with Gasteiger partial charge in [-0.3, -0.25) is 14.1 Å². The fraction of sp³-hybridized carbons (Fsp3) is 0.263. The summed E-state index contributed by atoms with van der Waals surface area (Å²) in [6.45, 7) is 3.03. The summed E-state index contributed by atoms with van der Waals surface area (Å²) in [6, 6.07) is 7.01. The molecule has 0 spiro atoms. The maximum absolute atomic E-state index is 12.9. The summed E-state index contributed by atoms with van der Waals surface area (Å²) in [6.07, 6.45) is 2.10. The van der Waals surface area contributed by atoms with Crippen molar-refractivity contribution in [2.45, 2.75) is 26.8 Å². The number of phosphoric acid groups is 1. The summed E-state index contributed by atoms with van der Waals surface area (Å²) in [7, 11) is -4.68. The lowest BCUT2D eigenvalue weighted by Gasteiger charge is -2.22. The van der Waals surface area contributed by atoms with E-state index in [1.807, 2.05) is 22.6 Å². The molecular formula is C19H22IN4O6PS. The van der Waals surface area contributed by atoms with Gasteiger partial charge in [0, 0.05) is 37.9 Å². The van der Waals surface area contributed by atoms with Crippen molar-refractivity contribution < 1.29 is 28.5 Å². The molecule has 1 heterocycles. The standard InChI is InChI=1S/C19H22IN4O6PS/c1-12(24(11-25)10-14-9-22-13(2)23-18(14)21)17(7-8-30-31(27,28)29)32-19(26)15-5-3-4-6-16(15)20/h3-6,9,11H,7-8,10H2,1-2H3,(H2,21,22,23)(H2,27,28,29). The Bertz CT molecular complexity index is 1080. The van der Waals surface area contributed by atoms with Crippen LogP contribution < -0.4 is 5.73 Å². The van der Waals surface area contributed by atoms with E-state index < -0.39 is 7.82 Å². The molecule has 0 saturated heterocycles. The van der Waals surface area contributed by atoms with Crippen molar-refractivity contribution in [1.82, 2.24) is 14.9 Å². The average molecular weight is 592 g/mol. The molecule has 2 aromatic rings. The third-order valence-corrected chi connectivity index (χ3v) is 6.83. The summed E-state index contributed by atoms with van der Waals surface area (Å²) in [5.74, 6) is 0.719. The highest BCUT2D eigenvalue weighted by Gasteiger charge is 2.20. The maximum atomic E-state index is 12.9. The Balaban J connectivity index is 2.34. The number of carbonyl (C=O) groups excluding carboxylic acids is 2. The molecule has 32 heavy (non-hydrogen) atoms. The fourth-order valence-corrected chi connectivity index (χ4v) is 4.68. The van der Waals surface area contributed by atoms with Crippen molar-refractivity contribution in [3.63, 3.8) is 0 Å². The highest BCUT2D eigenvalue weighted by atomic mass is 127. The Labute approximate surface area is 203 Å². The van der Waals surface area contributed by atoms with E-state index in [2.05, 4.69) is 14.5 Å². The first kappa shape index (κ1) is 26.4. The van der Waals surface area contributed by atoms with Gasteiger partial charge >= 0.3 is 7.82 Å². The Hall–Kier alpha value is -1.83. The van der Waals surface area contributed by atoms with Crippen LogP contribution in [0.5, 0.6) is 0 Å². The first-order valence-corrected chi connectivity index (χ1v) is 12.6. The zero-order chi connectivity index (χ0) is 23.9. The van der Waals surface area contributed by atoms with Gasteiger partial charge in [-0.2, -0.15) is 0 Å². The minimum atomic E-state index is -4.68. The number of amides is 1. The van der Waals surface area contributed by atoms with Crippen LogP contribution in [0.3, 0.4) is 0 Å². The molecule has 1 amide bonds. The molecule has 4 N–H and O–H groups in total. The number of thioether (sulfide) groups is 1. The van der Waals surface area contributed by atoms with E-state index in [1.54, 1.807) is 38.1 Å². The molecule has 172 valence electrons. The number of nitrogens with zero attached hydrogens (tertiary/aromatic N) is 3. The van der Waals surface area contributed by atoms with E-state index >= 15 is 0 Å². The third kappa shape index (κ3) is 7.94. The molecule has 0 unspecified atom stereocenters. The highest BCUT2D eigenvalue weighted by molar-refractivity contribution is 14.1. The summed E-state index contributed by atoms with van der Waals surface area (Å²) >= 11 is 2.92. The molecule has 0 bridgehead atoms. The molecule has 0 radical (unpaired) electrons. The molecule has 1 aromatic heterocycles. The molecule has 2 rings (SSSR count). The number of phosphoric ester groups is 1. The first-order chi connectivity index (χ1) is 15.0. The van der Waals surface area contributed by atoms with E-state index in [4.69, 9.17) is 15.5 Å². The van der Waals surface area contributed by atoms with Crippen LogP contribution in [0.1, 0.15) is 35.1 Å². The second-order valence-electron chi connectivity index (χ2n) is 6.51. The molecule has 1 aromatic carbocycles. The molecule has 0 aliphatic carbocycles. The van der Waals surface area contributed by atoms with Gasteiger partial charge in [0.1, 0.15) is 11.6 Å². The van der Waals surface area contributed by atoms with Gasteiger partial charge in [-0.05, 0) is 60.3 Å². The van der Waals surface area contributed by atoms with E-state index in [0.29, 0.717) is 34.0 Å². The Morgan fingerprint density at radius 1 is 1.38 bits per heavy atom. The van der Waals surface area contributed by atoms with E-state index in [9.17, 15) is 14.2 Å². The number of carbonyl (C=O) groups is 2. The SMILES string of the molecule is CC(=C(CCOP(=O)(O)O)SC(=O)c1ccccc1I)N(C=O)Cc1cnc(C)nc1N. The molecule has 0 saturated carbocycles. The molecule has 0 aliphatic heterocycles. The van der Waals surface area contributed by atoms with Crippen LogP contribution >= 0.6 is 42.2 Å². The minimum absolute atomic E-state index is 0.000975. The van der Waals surface area contributed by atoms with Crippen molar-refractivity contribution in [2.75, 3.05) is 12.3 Å². The van der Waals surface area contributed by atoms with Gasteiger partial charge in [0.2, 0.25) is 11.5 Å². The minimum Gasteiger partial charge on any atom is -0.383 e. The lowest BCUT2D eigenvalue weighted by molar-refractivity contribution is -0.116. The van der Waals surface area contributed by atoms with E-state index in [0.717, 1.165) is 15.3 Å². The van der Waals surface area contributed by atoms with Crippen LogP contribution in [0.25, 0.3) is 0 Å². The maximum Gasteiger partial charge on any atom is 0.469 e. The highest BCUT2D eigenvalue weighted by Crippen LogP contribution is 2.37. The summed E-state index contributed by atoms with van der Waals surface area (Å²) in [4.78, 5) is 52.6. The van der Waals surface area contributed by atoms with Gasteiger partial charge < -0.3 is 20.4 Å². The number of hydrogen-bond donors (Lipinski definition) is 3. The number of anilines is 1. The summed E-state index contributed by atoms with van der Waals surface area (Å²) < 4.78 is 16.4. The largest absolute Gasteiger partial charge is 0.469 e. The molecule has 13 heteroatoms. The van der Waals surface area contributed by atoms with Crippen LogP contribution in [0.4, 0.5) is 5.82 Å². The lowest BCUT2D eigenvalue weighted by Crippen LogP contribution is -2.22. The number of allylic oxidation sites excluding steroid dienone is 1. The quantitative estimate of drug-likeness (QED) is 0.213. The van der Waals surface area contributed by atoms with Crippen molar-refractivity contribution in [3.05, 3.63) is 61.6 Å². The average Bonchev–Trinajstić information content (AvgIpc) is 2.71. The zero-order valence-electron chi connectivity index (χ0n) is 17.3. The monoisotopic (exact) mass is 592 g/mol. The fourth-order valence-electron chi connectivity index (χ4n) is 2.57. The van der Waals surface area contributed by atoms with Crippen molar-refractivity contribution in [1.29, 1.82) is 0 Å². The molecule has 0 aliphatic rings. The van der Waals surface area contributed by atoms with Gasteiger partial charge in [-0.1, -0.05) is 12.1 Å². The Kier molecular flexibility index (Phi) is 9.80. The molecule has 10 nitrogen and oxygen atoms in total. The van der Waals surface area contributed by atoms with Crippen molar-refractivity contribution in [3.8, 4) is 0 Å². The van der Waals surface area contributed by atoms with Crippen molar-refractivity contribution >= 4 is 59.5 Å². The molecule has 0 atom stereocenters. The number of nitrogen functional groups attached to an aromatic ring is 1. The third-order valence-electron chi connectivity index (χ3n) is 4.22. The number of aromatic nitrogens is 2. The molecule has 0 fully saturated rings. The smallest absolute Gasteiger partial charge is 0.383 e. The van der Waals surface area contributed by atoms with Crippen LogP contribution in [-0.2, 0) is 20.4 Å². The molecular weight excluding hydrogens is 570 g/mol. The number of rotatable bonds is 10. The predicted molar refractivity (Wildman–Crippen MR) is 129 cm³/mol.